The molecular formula is C38H43Cl2N3O8S. The number of hydrogen-bond donors (Lipinski definition) is 1. The van der Waals surface area contributed by atoms with E-state index in [0.29, 0.717) is 28.6 Å². The lowest BCUT2D eigenvalue weighted by atomic mass is 10.0. The van der Waals surface area contributed by atoms with E-state index >= 15 is 0 Å². The fourth-order valence-corrected chi connectivity index (χ4v) is 7.32. The fraction of sp³-hybridized carbons (Fsp3) is 0.316. The second-order valence-electron chi connectivity index (χ2n) is 12.2. The summed E-state index contributed by atoms with van der Waals surface area (Å²) in [5, 5.41) is 3.63. The first-order valence-corrected chi connectivity index (χ1v) is 18.5. The predicted octanol–water partition coefficient (Wildman–Crippen LogP) is 6.64. The maximum absolute atomic E-state index is 14.9. The number of rotatable bonds is 17. The highest BCUT2D eigenvalue weighted by Gasteiger charge is 2.36. The highest BCUT2D eigenvalue weighted by molar-refractivity contribution is 7.92. The van der Waals surface area contributed by atoms with Crippen LogP contribution in [0.4, 0.5) is 5.69 Å². The Hall–Kier alpha value is -4.65. The average Bonchev–Trinajstić information content (AvgIpc) is 3.14. The molecule has 0 radical (unpaired) electrons. The Kier molecular flexibility index (Phi) is 14.1. The SMILES string of the molecule is COc1ccc(OC)c(N(CC(=O)N(Cc2ccc(Cl)cc2Cl)[C@@H](Cc2ccccc2)C(=O)NCC(C)C)S(=O)(=O)c2ccc(OC)c(OC)c2)c1. The van der Waals surface area contributed by atoms with Crippen molar-refractivity contribution < 1.29 is 37.0 Å². The Bertz CT molecular complexity index is 1960. The van der Waals surface area contributed by atoms with E-state index in [2.05, 4.69) is 5.32 Å². The standard InChI is InChI=1S/C38H43Cl2N3O8S/c1-25(2)22-41-38(45)33(18-26-10-8-7-9-11-26)42(23-27-12-13-28(39)19-31(27)40)37(44)24-43(32-20-29(48-3)14-16-34(32)49-4)52(46,47)30-15-17-35(50-5)36(21-30)51-6/h7-17,19-21,25,33H,18,22-24H2,1-6H3,(H,41,45)/t33-/m0/s1. The first kappa shape index (κ1) is 40.1. The van der Waals surface area contributed by atoms with Crippen LogP contribution in [-0.4, -0.2) is 72.7 Å². The zero-order valence-electron chi connectivity index (χ0n) is 29.9. The van der Waals surface area contributed by atoms with Gasteiger partial charge in [-0.3, -0.25) is 13.9 Å². The summed E-state index contributed by atoms with van der Waals surface area (Å²) < 4.78 is 52.1. The number of methoxy groups -OCH3 is 4. The maximum Gasteiger partial charge on any atom is 0.265 e. The number of ether oxygens (including phenoxy) is 4. The number of amides is 2. The lowest BCUT2D eigenvalue weighted by Gasteiger charge is -2.34. The molecule has 4 aromatic carbocycles. The van der Waals surface area contributed by atoms with Gasteiger partial charge in [-0.15, -0.1) is 0 Å². The number of benzene rings is 4. The molecule has 0 aromatic heterocycles. The quantitative estimate of drug-likeness (QED) is 0.127. The molecule has 2 amide bonds. The summed E-state index contributed by atoms with van der Waals surface area (Å²) in [5.74, 6) is -0.0406. The molecule has 14 heteroatoms. The normalized spacial score (nSPS) is 11.8. The number of anilines is 1. The molecule has 11 nitrogen and oxygen atoms in total. The summed E-state index contributed by atoms with van der Waals surface area (Å²) in [6, 6.07) is 21.7. The molecule has 1 N–H and O–H groups in total. The fourth-order valence-electron chi connectivity index (χ4n) is 5.42. The van der Waals surface area contributed by atoms with Gasteiger partial charge in [-0.25, -0.2) is 8.42 Å². The van der Waals surface area contributed by atoms with Crippen LogP contribution in [0.2, 0.25) is 10.0 Å². The third kappa shape index (κ3) is 9.81. The van der Waals surface area contributed by atoms with Crippen molar-refractivity contribution in [3.63, 3.8) is 0 Å². The molecular weight excluding hydrogens is 729 g/mol. The van der Waals surface area contributed by atoms with Gasteiger partial charge in [0.2, 0.25) is 11.8 Å². The van der Waals surface area contributed by atoms with Gasteiger partial charge in [0.15, 0.2) is 11.5 Å². The number of carbonyl (C=O) groups is 2. The van der Waals surface area contributed by atoms with Gasteiger partial charge in [-0.1, -0.05) is 73.4 Å². The molecule has 0 saturated heterocycles. The first-order valence-electron chi connectivity index (χ1n) is 16.3. The van der Waals surface area contributed by atoms with Gasteiger partial charge in [0.25, 0.3) is 10.0 Å². The van der Waals surface area contributed by atoms with Gasteiger partial charge in [-0.2, -0.15) is 0 Å². The molecule has 0 saturated carbocycles. The topological polar surface area (TPSA) is 124 Å². The molecule has 0 fully saturated rings. The lowest BCUT2D eigenvalue weighted by Crippen LogP contribution is -2.53. The molecule has 1 atom stereocenters. The molecule has 52 heavy (non-hydrogen) atoms. The van der Waals surface area contributed by atoms with Crippen LogP contribution in [0.25, 0.3) is 0 Å². The molecule has 0 aliphatic heterocycles. The van der Waals surface area contributed by atoms with Crippen molar-refractivity contribution in [3.05, 3.63) is 106 Å². The Morgan fingerprint density at radius 3 is 2.08 bits per heavy atom. The molecule has 4 rings (SSSR count). The highest BCUT2D eigenvalue weighted by Crippen LogP contribution is 2.38. The predicted molar refractivity (Wildman–Crippen MR) is 202 cm³/mol. The van der Waals surface area contributed by atoms with Crippen molar-refractivity contribution >= 4 is 50.7 Å². The second kappa shape index (κ2) is 18.2. The van der Waals surface area contributed by atoms with Crippen molar-refractivity contribution in [1.82, 2.24) is 10.2 Å². The number of sulfonamides is 1. The number of nitrogens with one attached hydrogen (secondary N) is 1. The summed E-state index contributed by atoms with van der Waals surface area (Å²) in [7, 11) is 1.10. The van der Waals surface area contributed by atoms with Crippen LogP contribution in [0, 0.1) is 5.92 Å². The van der Waals surface area contributed by atoms with E-state index in [1.807, 2.05) is 44.2 Å². The van der Waals surface area contributed by atoms with Gasteiger partial charge in [0.05, 0.1) is 39.0 Å². The summed E-state index contributed by atoms with van der Waals surface area (Å²) in [4.78, 5) is 30.1. The summed E-state index contributed by atoms with van der Waals surface area (Å²) in [5.41, 5.74) is 1.32. The van der Waals surface area contributed by atoms with Crippen LogP contribution < -0.4 is 28.6 Å². The van der Waals surface area contributed by atoms with E-state index in [9.17, 15) is 18.0 Å². The smallest absolute Gasteiger partial charge is 0.265 e. The van der Waals surface area contributed by atoms with Gasteiger partial charge >= 0.3 is 0 Å². The van der Waals surface area contributed by atoms with Gasteiger partial charge in [0, 0.05) is 41.7 Å². The zero-order chi connectivity index (χ0) is 38.0. The van der Waals surface area contributed by atoms with Gasteiger partial charge in [-0.05, 0) is 53.4 Å². The molecule has 0 aliphatic rings. The number of carbonyl (C=O) groups excluding carboxylic acids is 2. The van der Waals surface area contributed by atoms with Crippen LogP contribution >= 0.6 is 23.2 Å². The number of hydrogen-bond acceptors (Lipinski definition) is 8. The molecule has 0 spiro atoms. The third-order valence-corrected chi connectivity index (χ3v) is 10.5. The van der Waals surface area contributed by atoms with Crippen LogP contribution in [0.1, 0.15) is 25.0 Å². The van der Waals surface area contributed by atoms with Gasteiger partial charge in [0.1, 0.15) is 24.1 Å². The Balaban J connectivity index is 1.91. The van der Waals surface area contributed by atoms with Crippen molar-refractivity contribution in [1.29, 1.82) is 0 Å². The average molecular weight is 773 g/mol. The van der Waals surface area contributed by atoms with Crippen molar-refractivity contribution in [2.75, 3.05) is 45.8 Å². The van der Waals surface area contributed by atoms with Crippen LogP contribution in [0.5, 0.6) is 23.0 Å². The largest absolute Gasteiger partial charge is 0.497 e. The monoisotopic (exact) mass is 771 g/mol. The Morgan fingerprint density at radius 2 is 1.46 bits per heavy atom. The summed E-state index contributed by atoms with van der Waals surface area (Å²) in [6.45, 7) is 3.40. The number of halogens is 2. The summed E-state index contributed by atoms with van der Waals surface area (Å²) >= 11 is 12.8. The van der Waals surface area contributed by atoms with Crippen molar-refractivity contribution in [2.45, 2.75) is 37.8 Å². The molecule has 0 aliphatic carbocycles. The van der Waals surface area contributed by atoms with Crippen molar-refractivity contribution in [2.24, 2.45) is 5.92 Å². The van der Waals surface area contributed by atoms with Crippen LogP contribution in [-0.2, 0) is 32.6 Å². The Labute approximate surface area is 315 Å². The van der Waals surface area contributed by atoms with Crippen LogP contribution in [0.15, 0.2) is 89.8 Å². The summed E-state index contributed by atoms with van der Waals surface area (Å²) in [6.07, 6.45) is 0.132. The van der Waals surface area contributed by atoms with E-state index in [4.69, 9.17) is 42.1 Å². The maximum atomic E-state index is 14.9. The second-order valence-corrected chi connectivity index (χ2v) is 14.9. The van der Waals surface area contributed by atoms with E-state index < -0.39 is 34.4 Å². The molecule has 0 heterocycles. The van der Waals surface area contributed by atoms with E-state index in [-0.39, 0.29) is 46.0 Å². The molecule has 0 bridgehead atoms. The van der Waals surface area contributed by atoms with E-state index in [0.717, 1.165) is 9.87 Å². The van der Waals surface area contributed by atoms with E-state index in [1.165, 1.54) is 57.6 Å². The molecule has 4 aromatic rings. The zero-order valence-corrected chi connectivity index (χ0v) is 32.2. The third-order valence-electron chi connectivity index (χ3n) is 8.19. The Morgan fingerprint density at radius 1 is 0.788 bits per heavy atom. The molecule has 278 valence electrons. The van der Waals surface area contributed by atoms with E-state index in [1.54, 1.807) is 30.3 Å². The minimum atomic E-state index is -4.54. The highest BCUT2D eigenvalue weighted by atomic mass is 35.5. The first-order chi connectivity index (χ1) is 24.8. The minimum Gasteiger partial charge on any atom is -0.497 e. The molecule has 0 unspecified atom stereocenters. The minimum absolute atomic E-state index is 0.0262. The number of nitrogens with zero attached hydrogens (tertiary/aromatic N) is 2. The van der Waals surface area contributed by atoms with Gasteiger partial charge < -0.3 is 29.2 Å². The lowest BCUT2D eigenvalue weighted by molar-refractivity contribution is -0.140. The van der Waals surface area contributed by atoms with Crippen LogP contribution in [0.3, 0.4) is 0 Å². The van der Waals surface area contributed by atoms with Crippen molar-refractivity contribution in [3.8, 4) is 23.0 Å².